The molecule has 2 N–H and O–H groups in total. The largest absolute Gasteiger partial charge is 0.372 e. The fourth-order valence-corrected chi connectivity index (χ4v) is 1.76. The summed E-state index contributed by atoms with van der Waals surface area (Å²) in [6.45, 7) is 1.77. The van der Waals surface area contributed by atoms with Crippen molar-refractivity contribution in [1.82, 2.24) is 0 Å². The molecule has 0 aliphatic carbocycles. The third-order valence-corrected chi connectivity index (χ3v) is 2.96. The lowest BCUT2D eigenvalue weighted by Crippen LogP contribution is -1.97. The fraction of sp³-hybridized carbons (Fsp3) is 0.200. The van der Waals surface area contributed by atoms with Crippen molar-refractivity contribution >= 4 is 11.6 Å². The van der Waals surface area contributed by atoms with E-state index in [1.165, 1.54) is 0 Å². The summed E-state index contributed by atoms with van der Waals surface area (Å²) in [6, 6.07) is 15.8. The number of nitrogens with two attached hydrogens (primary N) is 1. The molecule has 2 nitrogen and oxygen atoms in total. The van der Waals surface area contributed by atoms with Gasteiger partial charge in [-0.1, -0.05) is 48.0 Å². The minimum absolute atomic E-state index is 0.575. The molecule has 0 aromatic heterocycles. The minimum atomic E-state index is 0.575. The number of ether oxygens (including phenoxy) is 1. The molecule has 94 valence electrons. The molecule has 18 heavy (non-hydrogen) atoms. The molecule has 0 bridgehead atoms. The van der Waals surface area contributed by atoms with Crippen LogP contribution in [-0.4, -0.2) is 0 Å². The number of benzene rings is 2. The molecule has 2 aromatic carbocycles. The van der Waals surface area contributed by atoms with Gasteiger partial charge >= 0.3 is 0 Å². The predicted molar refractivity (Wildman–Crippen MR) is 74.3 cm³/mol. The first-order valence-electron chi connectivity index (χ1n) is 5.88. The number of halogens is 1. The Morgan fingerprint density at radius 1 is 0.778 bits per heavy atom. The highest BCUT2D eigenvalue weighted by atomic mass is 35.5. The Hall–Kier alpha value is -1.35. The molecule has 0 saturated heterocycles. The molecule has 0 saturated carbocycles. The van der Waals surface area contributed by atoms with Crippen molar-refractivity contribution in [2.75, 3.05) is 0 Å². The molecule has 0 atom stereocenters. The molecule has 2 aromatic rings. The first kappa shape index (κ1) is 13.1. The Morgan fingerprint density at radius 3 is 1.72 bits per heavy atom. The minimum Gasteiger partial charge on any atom is -0.372 e. The third kappa shape index (κ3) is 3.84. The predicted octanol–water partition coefficient (Wildman–Crippen LogP) is 3.52. The van der Waals surface area contributed by atoms with Crippen molar-refractivity contribution in [2.24, 2.45) is 5.73 Å². The third-order valence-electron chi connectivity index (χ3n) is 2.71. The first-order valence-corrected chi connectivity index (χ1v) is 6.26. The van der Waals surface area contributed by atoms with Crippen LogP contribution in [-0.2, 0) is 24.5 Å². The number of rotatable bonds is 5. The zero-order valence-electron chi connectivity index (χ0n) is 10.1. The van der Waals surface area contributed by atoms with Crippen LogP contribution in [0.5, 0.6) is 0 Å². The van der Waals surface area contributed by atoms with Crippen molar-refractivity contribution in [1.29, 1.82) is 0 Å². The maximum atomic E-state index is 5.82. The van der Waals surface area contributed by atoms with Crippen molar-refractivity contribution < 1.29 is 4.74 Å². The Morgan fingerprint density at radius 2 is 1.22 bits per heavy atom. The van der Waals surface area contributed by atoms with E-state index in [0.29, 0.717) is 19.8 Å². The van der Waals surface area contributed by atoms with Crippen LogP contribution >= 0.6 is 11.6 Å². The highest BCUT2D eigenvalue weighted by Crippen LogP contribution is 2.11. The first-order chi connectivity index (χ1) is 8.78. The van der Waals surface area contributed by atoms with Gasteiger partial charge in [-0.15, -0.1) is 0 Å². The summed E-state index contributed by atoms with van der Waals surface area (Å²) in [5.74, 6) is 0. The van der Waals surface area contributed by atoms with Crippen LogP contribution in [0, 0.1) is 0 Å². The SMILES string of the molecule is NCc1ccc(COCc2ccc(Cl)cc2)cc1. The van der Waals surface area contributed by atoms with E-state index in [4.69, 9.17) is 22.1 Å². The lowest BCUT2D eigenvalue weighted by molar-refractivity contribution is 0.107. The maximum Gasteiger partial charge on any atom is 0.0721 e. The van der Waals surface area contributed by atoms with E-state index in [1.807, 2.05) is 48.5 Å². The van der Waals surface area contributed by atoms with Gasteiger partial charge in [0.15, 0.2) is 0 Å². The summed E-state index contributed by atoms with van der Waals surface area (Å²) in [5.41, 5.74) is 8.96. The van der Waals surface area contributed by atoms with E-state index in [1.54, 1.807) is 0 Å². The standard InChI is InChI=1S/C15H16ClNO/c16-15-7-5-14(6-8-15)11-18-10-13-3-1-12(9-17)2-4-13/h1-8H,9-11,17H2. The molecule has 0 aliphatic heterocycles. The number of hydrogen-bond acceptors (Lipinski definition) is 2. The van der Waals surface area contributed by atoms with Gasteiger partial charge in [0, 0.05) is 11.6 Å². The van der Waals surface area contributed by atoms with Gasteiger partial charge in [0.05, 0.1) is 13.2 Å². The lowest BCUT2D eigenvalue weighted by atomic mass is 10.1. The normalized spacial score (nSPS) is 10.6. The average Bonchev–Trinajstić information content (AvgIpc) is 2.42. The molecule has 0 unspecified atom stereocenters. The zero-order chi connectivity index (χ0) is 12.8. The van der Waals surface area contributed by atoms with Crippen LogP contribution < -0.4 is 5.73 Å². The summed E-state index contributed by atoms with van der Waals surface area (Å²) in [5, 5.41) is 0.746. The van der Waals surface area contributed by atoms with E-state index >= 15 is 0 Å². The molecule has 3 heteroatoms. The van der Waals surface area contributed by atoms with Crippen molar-refractivity contribution in [3.63, 3.8) is 0 Å². The second kappa shape index (κ2) is 6.55. The van der Waals surface area contributed by atoms with Crippen LogP contribution in [0.2, 0.25) is 5.02 Å². The molecule has 0 amide bonds. The molecular weight excluding hydrogens is 246 g/mol. The highest BCUT2D eigenvalue weighted by molar-refractivity contribution is 6.30. The monoisotopic (exact) mass is 261 g/mol. The van der Waals surface area contributed by atoms with Crippen LogP contribution in [0.15, 0.2) is 48.5 Å². The van der Waals surface area contributed by atoms with Crippen LogP contribution in [0.25, 0.3) is 0 Å². The second-order valence-corrected chi connectivity index (χ2v) is 4.58. The van der Waals surface area contributed by atoms with Crippen LogP contribution in [0.4, 0.5) is 0 Å². The molecule has 2 rings (SSSR count). The molecule has 0 radical (unpaired) electrons. The van der Waals surface area contributed by atoms with Gasteiger partial charge in [0.2, 0.25) is 0 Å². The van der Waals surface area contributed by atoms with E-state index < -0.39 is 0 Å². The van der Waals surface area contributed by atoms with Gasteiger partial charge in [0.25, 0.3) is 0 Å². The Balaban J connectivity index is 1.82. The molecular formula is C15H16ClNO. The average molecular weight is 262 g/mol. The molecule has 0 fully saturated rings. The number of hydrogen-bond donors (Lipinski definition) is 1. The molecule has 0 aliphatic rings. The Kier molecular flexibility index (Phi) is 4.76. The summed E-state index contributed by atoms with van der Waals surface area (Å²) in [6.07, 6.45) is 0. The fourth-order valence-electron chi connectivity index (χ4n) is 1.64. The van der Waals surface area contributed by atoms with Gasteiger partial charge in [-0.3, -0.25) is 0 Å². The summed E-state index contributed by atoms with van der Waals surface area (Å²) in [7, 11) is 0. The second-order valence-electron chi connectivity index (χ2n) is 4.14. The summed E-state index contributed by atoms with van der Waals surface area (Å²) in [4.78, 5) is 0. The van der Waals surface area contributed by atoms with E-state index in [0.717, 1.165) is 21.7 Å². The van der Waals surface area contributed by atoms with Crippen LogP contribution in [0.3, 0.4) is 0 Å². The molecule has 0 heterocycles. The quantitative estimate of drug-likeness (QED) is 0.894. The maximum absolute atomic E-state index is 5.82. The van der Waals surface area contributed by atoms with Gasteiger partial charge in [-0.05, 0) is 28.8 Å². The van der Waals surface area contributed by atoms with Crippen molar-refractivity contribution in [3.8, 4) is 0 Å². The molecule has 0 spiro atoms. The van der Waals surface area contributed by atoms with Gasteiger partial charge in [-0.25, -0.2) is 0 Å². The van der Waals surface area contributed by atoms with Crippen LogP contribution in [0.1, 0.15) is 16.7 Å². The van der Waals surface area contributed by atoms with Gasteiger partial charge in [0.1, 0.15) is 0 Å². The summed E-state index contributed by atoms with van der Waals surface area (Å²) >= 11 is 5.82. The van der Waals surface area contributed by atoms with Gasteiger partial charge in [-0.2, -0.15) is 0 Å². The summed E-state index contributed by atoms with van der Waals surface area (Å²) < 4.78 is 5.64. The Labute approximate surface area is 112 Å². The van der Waals surface area contributed by atoms with E-state index in [9.17, 15) is 0 Å². The zero-order valence-corrected chi connectivity index (χ0v) is 10.9. The van der Waals surface area contributed by atoms with Crippen molar-refractivity contribution in [2.45, 2.75) is 19.8 Å². The topological polar surface area (TPSA) is 35.2 Å². The van der Waals surface area contributed by atoms with E-state index in [2.05, 4.69) is 0 Å². The lowest BCUT2D eigenvalue weighted by Gasteiger charge is -2.05. The van der Waals surface area contributed by atoms with Crippen molar-refractivity contribution in [3.05, 3.63) is 70.2 Å². The highest BCUT2D eigenvalue weighted by Gasteiger charge is 1.96. The smallest absolute Gasteiger partial charge is 0.0721 e. The van der Waals surface area contributed by atoms with Gasteiger partial charge < -0.3 is 10.5 Å². The van der Waals surface area contributed by atoms with E-state index in [-0.39, 0.29) is 0 Å². The Bertz CT molecular complexity index is 479.